The third kappa shape index (κ3) is 2.90. The summed E-state index contributed by atoms with van der Waals surface area (Å²) in [6.45, 7) is 1.05. The number of nitrogens with zero attached hydrogens (tertiary/aromatic N) is 1. The number of benzene rings is 1. The third-order valence-electron chi connectivity index (χ3n) is 2.43. The molecule has 2 aromatic rings. The van der Waals surface area contributed by atoms with Crippen LogP contribution < -0.4 is 5.32 Å². The van der Waals surface area contributed by atoms with Gasteiger partial charge >= 0.3 is 0 Å². The van der Waals surface area contributed by atoms with Crippen LogP contribution in [0.1, 0.15) is 12.1 Å². The summed E-state index contributed by atoms with van der Waals surface area (Å²) in [4.78, 5) is 4.64. The van der Waals surface area contributed by atoms with Crippen molar-refractivity contribution in [2.45, 2.75) is 12.8 Å². The van der Waals surface area contributed by atoms with Gasteiger partial charge < -0.3 is 5.32 Å². The molecule has 2 nitrogen and oxygen atoms in total. The summed E-state index contributed by atoms with van der Waals surface area (Å²) >= 11 is 1.73. The quantitative estimate of drug-likeness (QED) is 0.802. The summed E-state index contributed by atoms with van der Waals surface area (Å²) in [7, 11) is 1.98. The summed E-state index contributed by atoms with van der Waals surface area (Å²) in [5, 5.41) is 6.44. The minimum absolute atomic E-state index is 1.05. The van der Waals surface area contributed by atoms with E-state index in [9.17, 15) is 0 Å². The number of nitrogens with one attached hydrogen (secondary N) is 1. The maximum atomic E-state index is 4.64. The second-order valence-corrected chi connectivity index (χ2v) is 4.58. The van der Waals surface area contributed by atoms with Crippen molar-refractivity contribution in [3.63, 3.8) is 0 Å². The largest absolute Gasteiger partial charge is 0.320 e. The van der Waals surface area contributed by atoms with Gasteiger partial charge in [-0.25, -0.2) is 4.98 Å². The molecule has 0 unspecified atom stereocenters. The van der Waals surface area contributed by atoms with E-state index in [1.165, 1.54) is 11.3 Å². The predicted octanol–water partition coefficient (Wildman–Crippen LogP) is 2.96. The first-order valence-corrected chi connectivity index (χ1v) is 6.42. The Balaban J connectivity index is 2.02. The van der Waals surface area contributed by atoms with E-state index in [1.54, 1.807) is 11.3 Å². The molecule has 1 N–H and O–H groups in total. The zero-order chi connectivity index (χ0) is 11.2. The monoisotopic (exact) mass is 232 g/mol. The van der Waals surface area contributed by atoms with Crippen LogP contribution in [0.3, 0.4) is 0 Å². The SMILES string of the molecule is CNCCCc1csc(-c2ccccc2)n1. The number of aromatic nitrogens is 1. The standard InChI is InChI=1S/C13H16N2S/c1-14-9-5-8-12-10-16-13(15-12)11-6-3-2-4-7-11/h2-4,6-7,10,14H,5,8-9H2,1H3. The van der Waals surface area contributed by atoms with Crippen LogP contribution in [0.4, 0.5) is 0 Å². The lowest BCUT2D eigenvalue weighted by Crippen LogP contribution is -2.08. The van der Waals surface area contributed by atoms with Crippen LogP contribution in [0.25, 0.3) is 10.6 Å². The van der Waals surface area contributed by atoms with Crippen molar-refractivity contribution in [3.05, 3.63) is 41.4 Å². The topological polar surface area (TPSA) is 24.9 Å². The molecule has 0 amide bonds. The highest BCUT2D eigenvalue weighted by Gasteiger charge is 2.03. The first-order chi connectivity index (χ1) is 7.90. The molecule has 0 radical (unpaired) electrons. The van der Waals surface area contributed by atoms with E-state index in [4.69, 9.17) is 0 Å². The molecule has 0 aliphatic rings. The smallest absolute Gasteiger partial charge is 0.123 e. The molecule has 84 valence electrons. The van der Waals surface area contributed by atoms with Gasteiger partial charge in [-0.1, -0.05) is 30.3 Å². The van der Waals surface area contributed by atoms with Gasteiger partial charge in [0.25, 0.3) is 0 Å². The Morgan fingerprint density at radius 3 is 2.81 bits per heavy atom. The van der Waals surface area contributed by atoms with E-state index in [0.29, 0.717) is 0 Å². The van der Waals surface area contributed by atoms with Gasteiger partial charge in [-0.15, -0.1) is 11.3 Å². The van der Waals surface area contributed by atoms with Gasteiger partial charge in [0.15, 0.2) is 0 Å². The summed E-state index contributed by atoms with van der Waals surface area (Å²) in [6.07, 6.45) is 2.21. The fourth-order valence-corrected chi connectivity index (χ4v) is 2.44. The van der Waals surface area contributed by atoms with Crippen molar-refractivity contribution in [1.82, 2.24) is 10.3 Å². The molecular weight excluding hydrogens is 216 g/mol. The number of hydrogen-bond acceptors (Lipinski definition) is 3. The Morgan fingerprint density at radius 2 is 2.06 bits per heavy atom. The van der Waals surface area contributed by atoms with Crippen LogP contribution in [0.15, 0.2) is 35.7 Å². The van der Waals surface area contributed by atoms with E-state index in [0.717, 1.165) is 24.4 Å². The Kier molecular flexibility index (Phi) is 4.08. The first kappa shape index (κ1) is 11.3. The Morgan fingerprint density at radius 1 is 1.25 bits per heavy atom. The lowest BCUT2D eigenvalue weighted by Gasteiger charge is -1.96. The third-order valence-corrected chi connectivity index (χ3v) is 3.37. The molecule has 0 bridgehead atoms. The van der Waals surface area contributed by atoms with Crippen molar-refractivity contribution in [1.29, 1.82) is 0 Å². The number of rotatable bonds is 5. The Hall–Kier alpha value is -1.19. The van der Waals surface area contributed by atoms with Crippen LogP contribution in [-0.2, 0) is 6.42 Å². The molecule has 0 spiro atoms. The van der Waals surface area contributed by atoms with Gasteiger partial charge in [0, 0.05) is 10.9 Å². The summed E-state index contributed by atoms with van der Waals surface area (Å²) in [6, 6.07) is 10.4. The highest BCUT2D eigenvalue weighted by molar-refractivity contribution is 7.13. The van der Waals surface area contributed by atoms with E-state index >= 15 is 0 Å². The van der Waals surface area contributed by atoms with Gasteiger partial charge in [0.05, 0.1) is 5.69 Å². The molecule has 0 atom stereocenters. The summed E-state index contributed by atoms with van der Waals surface area (Å²) in [5.74, 6) is 0. The first-order valence-electron chi connectivity index (χ1n) is 5.54. The van der Waals surface area contributed by atoms with E-state index in [1.807, 2.05) is 13.1 Å². The molecule has 0 aliphatic carbocycles. The molecule has 3 heteroatoms. The number of aryl methyl sites for hydroxylation is 1. The average molecular weight is 232 g/mol. The van der Waals surface area contributed by atoms with Crippen molar-refractivity contribution >= 4 is 11.3 Å². The van der Waals surface area contributed by atoms with Crippen molar-refractivity contribution in [2.24, 2.45) is 0 Å². The number of thiazole rings is 1. The van der Waals surface area contributed by atoms with Crippen LogP contribution in [0, 0.1) is 0 Å². The molecule has 16 heavy (non-hydrogen) atoms. The second kappa shape index (κ2) is 5.77. The molecule has 0 saturated carbocycles. The average Bonchev–Trinajstić information content (AvgIpc) is 2.79. The molecular formula is C13H16N2S. The van der Waals surface area contributed by atoms with Crippen LogP contribution in [-0.4, -0.2) is 18.6 Å². The van der Waals surface area contributed by atoms with Crippen molar-refractivity contribution in [3.8, 4) is 10.6 Å². The van der Waals surface area contributed by atoms with E-state index in [2.05, 4.69) is 39.9 Å². The maximum Gasteiger partial charge on any atom is 0.123 e. The lowest BCUT2D eigenvalue weighted by molar-refractivity contribution is 0.718. The predicted molar refractivity (Wildman–Crippen MR) is 69.8 cm³/mol. The van der Waals surface area contributed by atoms with Crippen molar-refractivity contribution in [2.75, 3.05) is 13.6 Å². The minimum atomic E-state index is 1.05. The van der Waals surface area contributed by atoms with E-state index < -0.39 is 0 Å². The van der Waals surface area contributed by atoms with Crippen LogP contribution in [0.5, 0.6) is 0 Å². The highest BCUT2D eigenvalue weighted by atomic mass is 32.1. The van der Waals surface area contributed by atoms with Gasteiger partial charge in [0.1, 0.15) is 5.01 Å². The fourth-order valence-electron chi connectivity index (χ4n) is 1.58. The number of hydrogen-bond donors (Lipinski definition) is 1. The maximum absolute atomic E-state index is 4.64. The zero-order valence-electron chi connectivity index (χ0n) is 9.44. The molecule has 0 aliphatic heterocycles. The molecule has 1 aromatic heterocycles. The van der Waals surface area contributed by atoms with Gasteiger partial charge in [-0.05, 0) is 26.4 Å². The summed E-state index contributed by atoms with van der Waals surface area (Å²) < 4.78 is 0. The molecule has 2 rings (SSSR count). The van der Waals surface area contributed by atoms with Gasteiger partial charge in [-0.2, -0.15) is 0 Å². The van der Waals surface area contributed by atoms with Crippen LogP contribution >= 0.6 is 11.3 Å². The Labute approximate surface area is 100 Å². The van der Waals surface area contributed by atoms with Crippen molar-refractivity contribution < 1.29 is 0 Å². The fraction of sp³-hybridized carbons (Fsp3) is 0.308. The zero-order valence-corrected chi connectivity index (χ0v) is 10.3. The lowest BCUT2D eigenvalue weighted by atomic mass is 10.2. The van der Waals surface area contributed by atoms with Crippen LogP contribution in [0.2, 0.25) is 0 Å². The molecule has 0 saturated heterocycles. The molecule has 1 heterocycles. The van der Waals surface area contributed by atoms with Gasteiger partial charge in [-0.3, -0.25) is 0 Å². The van der Waals surface area contributed by atoms with Gasteiger partial charge in [0.2, 0.25) is 0 Å². The normalized spacial score (nSPS) is 10.6. The molecule has 0 fully saturated rings. The van der Waals surface area contributed by atoms with E-state index in [-0.39, 0.29) is 0 Å². The highest BCUT2D eigenvalue weighted by Crippen LogP contribution is 2.23. The minimum Gasteiger partial charge on any atom is -0.320 e. The second-order valence-electron chi connectivity index (χ2n) is 3.72. The Bertz CT molecular complexity index is 423. The summed E-state index contributed by atoms with van der Waals surface area (Å²) in [5.41, 5.74) is 2.42. The molecule has 1 aromatic carbocycles.